The van der Waals surface area contributed by atoms with E-state index in [9.17, 15) is 4.39 Å². The van der Waals surface area contributed by atoms with Crippen molar-refractivity contribution in [3.63, 3.8) is 0 Å². The molecule has 136 valence electrons. The second-order valence-electron chi connectivity index (χ2n) is 6.68. The summed E-state index contributed by atoms with van der Waals surface area (Å²) in [5.41, 5.74) is 6.93. The van der Waals surface area contributed by atoms with Gasteiger partial charge >= 0.3 is 0 Å². The van der Waals surface area contributed by atoms with Crippen LogP contribution in [0.2, 0.25) is 0 Å². The molecule has 2 nitrogen and oxygen atoms in total. The van der Waals surface area contributed by atoms with Gasteiger partial charge in [0.15, 0.2) is 0 Å². The summed E-state index contributed by atoms with van der Waals surface area (Å²) in [7, 11) is 0. The van der Waals surface area contributed by atoms with Crippen molar-refractivity contribution in [3.05, 3.63) is 77.2 Å². The van der Waals surface area contributed by atoms with Crippen molar-refractivity contribution in [2.45, 2.75) is 33.6 Å². The molecule has 0 aliphatic rings. The van der Waals surface area contributed by atoms with E-state index < -0.39 is 0 Å². The van der Waals surface area contributed by atoms with Crippen molar-refractivity contribution in [2.24, 2.45) is 0 Å². The minimum absolute atomic E-state index is 0.219. The zero-order valence-corrected chi connectivity index (χ0v) is 15.8. The highest BCUT2D eigenvalue weighted by molar-refractivity contribution is 5.66. The SMILES string of the molecule is CCCOCCc1cc(-c2ccc(C)cc2)n(-c2ccc(F)cc2)c1C. The molecule has 2 aromatic carbocycles. The summed E-state index contributed by atoms with van der Waals surface area (Å²) in [5.74, 6) is -0.219. The van der Waals surface area contributed by atoms with Gasteiger partial charge in [-0.25, -0.2) is 4.39 Å². The summed E-state index contributed by atoms with van der Waals surface area (Å²) in [6.07, 6.45) is 1.91. The van der Waals surface area contributed by atoms with Gasteiger partial charge in [0.1, 0.15) is 5.82 Å². The Morgan fingerprint density at radius 3 is 2.27 bits per heavy atom. The first kappa shape index (κ1) is 18.4. The molecular weight excluding hydrogens is 325 g/mol. The molecular formula is C23H26FNO. The van der Waals surface area contributed by atoms with Gasteiger partial charge in [0.05, 0.1) is 12.3 Å². The Morgan fingerprint density at radius 2 is 1.62 bits per heavy atom. The summed E-state index contributed by atoms with van der Waals surface area (Å²) in [6.45, 7) is 7.84. The molecule has 0 aliphatic heterocycles. The predicted octanol–water partition coefficient (Wildman–Crippen LogP) is 5.87. The molecule has 0 saturated carbocycles. The van der Waals surface area contributed by atoms with Gasteiger partial charge in [0.25, 0.3) is 0 Å². The Bertz CT molecular complexity index is 847. The summed E-state index contributed by atoms with van der Waals surface area (Å²) in [6, 6.07) is 17.4. The highest BCUT2D eigenvalue weighted by atomic mass is 19.1. The molecule has 0 amide bonds. The zero-order chi connectivity index (χ0) is 18.5. The zero-order valence-electron chi connectivity index (χ0n) is 15.8. The smallest absolute Gasteiger partial charge is 0.123 e. The van der Waals surface area contributed by atoms with Gasteiger partial charge in [-0.3, -0.25) is 0 Å². The van der Waals surface area contributed by atoms with Crippen LogP contribution < -0.4 is 0 Å². The fourth-order valence-electron chi connectivity index (χ4n) is 3.20. The third-order valence-electron chi connectivity index (χ3n) is 4.65. The maximum Gasteiger partial charge on any atom is 0.123 e. The molecule has 3 aromatic rings. The molecule has 0 spiro atoms. The maximum atomic E-state index is 13.4. The van der Waals surface area contributed by atoms with E-state index in [2.05, 4.69) is 55.7 Å². The van der Waals surface area contributed by atoms with Crippen LogP contribution in [0.15, 0.2) is 54.6 Å². The number of benzene rings is 2. The first-order valence-corrected chi connectivity index (χ1v) is 9.22. The van der Waals surface area contributed by atoms with Crippen molar-refractivity contribution >= 4 is 0 Å². The average Bonchev–Trinajstić information content (AvgIpc) is 2.97. The maximum absolute atomic E-state index is 13.4. The quantitative estimate of drug-likeness (QED) is 0.486. The Kier molecular flexibility index (Phi) is 5.89. The topological polar surface area (TPSA) is 14.2 Å². The van der Waals surface area contributed by atoms with E-state index in [1.807, 2.05) is 12.1 Å². The van der Waals surface area contributed by atoms with Crippen molar-refractivity contribution in [3.8, 4) is 16.9 Å². The monoisotopic (exact) mass is 351 g/mol. The molecule has 3 rings (SSSR count). The van der Waals surface area contributed by atoms with Crippen LogP contribution in [0.25, 0.3) is 16.9 Å². The number of aromatic nitrogens is 1. The van der Waals surface area contributed by atoms with Gasteiger partial charge < -0.3 is 9.30 Å². The first-order valence-electron chi connectivity index (χ1n) is 9.22. The molecule has 0 aliphatic carbocycles. The lowest BCUT2D eigenvalue weighted by Gasteiger charge is -2.13. The van der Waals surface area contributed by atoms with E-state index in [0.29, 0.717) is 0 Å². The van der Waals surface area contributed by atoms with Crippen molar-refractivity contribution in [2.75, 3.05) is 13.2 Å². The van der Waals surface area contributed by atoms with E-state index in [4.69, 9.17) is 4.74 Å². The fourth-order valence-corrected chi connectivity index (χ4v) is 3.20. The lowest BCUT2D eigenvalue weighted by molar-refractivity contribution is 0.138. The highest BCUT2D eigenvalue weighted by Gasteiger charge is 2.15. The molecule has 3 heteroatoms. The molecule has 0 N–H and O–H groups in total. The van der Waals surface area contributed by atoms with E-state index in [0.717, 1.165) is 43.0 Å². The van der Waals surface area contributed by atoms with Gasteiger partial charge in [0, 0.05) is 18.0 Å². The molecule has 0 unspecified atom stereocenters. The number of hydrogen-bond donors (Lipinski definition) is 0. The summed E-state index contributed by atoms with van der Waals surface area (Å²) in [5, 5.41) is 0. The number of aryl methyl sites for hydroxylation is 1. The summed E-state index contributed by atoms with van der Waals surface area (Å²) < 4.78 is 21.3. The van der Waals surface area contributed by atoms with Crippen LogP contribution in [0.1, 0.15) is 30.2 Å². The minimum atomic E-state index is -0.219. The number of halogens is 1. The molecule has 1 heterocycles. The number of rotatable bonds is 7. The van der Waals surface area contributed by atoms with Crippen LogP contribution in [0, 0.1) is 19.7 Å². The first-order chi connectivity index (χ1) is 12.6. The molecule has 1 aromatic heterocycles. The number of hydrogen-bond acceptors (Lipinski definition) is 1. The van der Waals surface area contributed by atoms with Crippen molar-refractivity contribution < 1.29 is 9.13 Å². The molecule has 0 radical (unpaired) electrons. The van der Waals surface area contributed by atoms with Gasteiger partial charge in [-0.05, 0) is 68.1 Å². The van der Waals surface area contributed by atoms with E-state index >= 15 is 0 Å². The summed E-state index contributed by atoms with van der Waals surface area (Å²) in [4.78, 5) is 0. The normalized spacial score (nSPS) is 11.1. The summed E-state index contributed by atoms with van der Waals surface area (Å²) >= 11 is 0. The molecule has 0 atom stereocenters. The van der Waals surface area contributed by atoms with Gasteiger partial charge in [-0.2, -0.15) is 0 Å². The minimum Gasteiger partial charge on any atom is -0.381 e. The predicted molar refractivity (Wildman–Crippen MR) is 105 cm³/mol. The van der Waals surface area contributed by atoms with E-state index in [-0.39, 0.29) is 5.82 Å². The Morgan fingerprint density at radius 1 is 0.923 bits per heavy atom. The fraction of sp³-hybridized carbons (Fsp3) is 0.304. The Hall–Kier alpha value is -2.39. The van der Waals surface area contributed by atoms with E-state index in [1.54, 1.807) is 0 Å². The third kappa shape index (κ3) is 4.05. The van der Waals surface area contributed by atoms with Crippen LogP contribution in [0.4, 0.5) is 4.39 Å². The number of ether oxygens (including phenoxy) is 1. The van der Waals surface area contributed by atoms with Gasteiger partial charge in [0.2, 0.25) is 0 Å². The molecule has 0 fully saturated rings. The Balaban J connectivity index is 2.02. The van der Waals surface area contributed by atoms with Gasteiger partial charge in [-0.1, -0.05) is 36.8 Å². The highest BCUT2D eigenvalue weighted by Crippen LogP contribution is 2.30. The third-order valence-corrected chi connectivity index (χ3v) is 4.65. The van der Waals surface area contributed by atoms with Crippen LogP contribution >= 0.6 is 0 Å². The van der Waals surface area contributed by atoms with Crippen LogP contribution in [0.3, 0.4) is 0 Å². The van der Waals surface area contributed by atoms with Crippen LogP contribution in [0.5, 0.6) is 0 Å². The van der Waals surface area contributed by atoms with Crippen LogP contribution in [-0.4, -0.2) is 17.8 Å². The largest absolute Gasteiger partial charge is 0.381 e. The van der Waals surface area contributed by atoms with Crippen molar-refractivity contribution in [1.29, 1.82) is 0 Å². The second-order valence-corrected chi connectivity index (χ2v) is 6.68. The second kappa shape index (κ2) is 8.33. The molecule has 0 saturated heterocycles. The van der Waals surface area contributed by atoms with Crippen molar-refractivity contribution in [1.82, 2.24) is 4.57 Å². The average molecular weight is 351 g/mol. The standard InChI is InChI=1S/C23H26FNO/c1-4-14-26-15-13-20-16-23(19-7-5-17(2)6-8-19)25(18(20)3)22-11-9-21(24)10-12-22/h5-12,16H,4,13-15H2,1-3H3. The lowest BCUT2D eigenvalue weighted by Crippen LogP contribution is -2.02. The molecule has 0 bridgehead atoms. The van der Waals surface area contributed by atoms with Gasteiger partial charge in [-0.15, -0.1) is 0 Å². The lowest BCUT2D eigenvalue weighted by atomic mass is 10.1. The van der Waals surface area contributed by atoms with Crippen LogP contribution in [-0.2, 0) is 11.2 Å². The Labute approximate surface area is 155 Å². The number of nitrogens with zero attached hydrogens (tertiary/aromatic N) is 1. The molecule has 26 heavy (non-hydrogen) atoms. The van der Waals surface area contributed by atoms with E-state index in [1.165, 1.54) is 29.0 Å².